The van der Waals surface area contributed by atoms with E-state index in [-0.39, 0.29) is 21.7 Å². The highest BCUT2D eigenvalue weighted by atomic mass is 32.2. The first-order chi connectivity index (χ1) is 13.4. The summed E-state index contributed by atoms with van der Waals surface area (Å²) in [4.78, 5) is 13.0. The number of carbonyl (C=O) groups excluding carboxylic acids is 1. The van der Waals surface area contributed by atoms with E-state index in [0.29, 0.717) is 27.5 Å². The highest BCUT2D eigenvalue weighted by Gasteiger charge is 2.32. The summed E-state index contributed by atoms with van der Waals surface area (Å²) < 4.78 is 10.7. The topological polar surface area (TPSA) is 91.6 Å². The van der Waals surface area contributed by atoms with E-state index in [1.54, 1.807) is 37.5 Å². The van der Waals surface area contributed by atoms with Gasteiger partial charge in [0.1, 0.15) is 11.5 Å². The van der Waals surface area contributed by atoms with Crippen molar-refractivity contribution < 1.29 is 24.5 Å². The average Bonchev–Trinajstić information content (AvgIpc) is 2.95. The molecule has 28 heavy (non-hydrogen) atoms. The number of hydrogen-bond donors (Lipinski definition) is 2. The fourth-order valence-corrected chi connectivity index (χ4v) is 3.56. The van der Waals surface area contributed by atoms with Crippen molar-refractivity contribution in [2.75, 3.05) is 14.2 Å². The molecule has 1 aliphatic heterocycles. The van der Waals surface area contributed by atoms with Crippen molar-refractivity contribution in [3.05, 3.63) is 52.4 Å². The van der Waals surface area contributed by atoms with E-state index in [0.717, 1.165) is 16.8 Å². The quantitative estimate of drug-likeness (QED) is 0.334. The zero-order valence-corrected chi connectivity index (χ0v) is 16.6. The van der Waals surface area contributed by atoms with Crippen LogP contribution in [-0.2, 0) is 4.79 Å². The van der Waals surface area contributed by atoms with E-state index in [1.165, 1.54) is 25.5 Å². The smallest absolute Gasteiger partial charge is 0.286 e. The lowest BCUT2D eigenvalue weighted by atomic mass is 10.2. The molecule has 0 atom stereocenters. The van der Waals surface area contributed by atoms with Gasteiger partial charge in [-0.15, -0.1) is 0 Å². The zero-order chi connectivity index (χ0) is 20.3. The molecule has 1 amide bonds. The first-order valence-corrected chi connectivity index (χ1v) is 9.21. The Hall–Kier alpha value is -3.04. The summed E-state index contributed by atoms with van der Waals surface area (Å²) in [5, 5.41) is 24.3. The van der Waals surface area contributed by atoms with Crippen molar-refractivity contribution in [3.8, 4) is 23.0 Å². The first kappa shape index (κ1) is 19.7. The number of phenols is 2. The minimum atomic E-state index is -0.383. The highest BCUT2D eigenvalue weighted by molar-refractivity contribution is 8.26. The first-order valence-electron chi connectivity index (χ1n) is 7.99. The van der Waals surface area contributed by atoms with Crippen molar-refractivity contribution in [2.45, 2.75) is 0 Å². The van der Waals surface area contributed by atoms with Crippen molar-refractivity contribution in [3.63, 3.8) is 0 Å². The Morgan fingerprint density at radius 2 is 1.89 bits per heavy atom. The molecule has 0 bridgehead atoms. The van der Waals surface area contributed by atoms with Gasteiger partial charge >= 0.3 is 0 Å². The van der Waals surface area contributed by atoms with Crippen molar-refractivity contribution in [2.24, 2.45) is 5.10 Å². The number of amides is 1. The van der Waals surface area contributed by atoms with E-state index in [4.69, 9.17) is 21.7 Å². The van der Waals surface area contributed by atoms with Crippen LogP contribution >= 0.6 is 24.0 Å². The number of aromatic hydroxyl groups is 2. The van der Waals surface area contributed by atoms with Crippen molar-refractivity contribution >= 4 is 46.5 Å². The summed E-state index contributed by atoms with van der Waals surface area (Å²) in [5.74, 6) is 0.297. The molecule has 0 unspecified atom stereocenters. The second kappa shape index (κ2) is 8.32. The molecule has 0 aromatic heterocycles. The molecule has 1 aliphatic rings. The van der Waals surface area contributed by atoms with Gasteiger partial charge in [0.2, 0.25) is 0 Å². The number of rotatable bonds is 5. The summed E-state index contributed by atoms with van der Waals surface area (Å²) in [6.07, 6.45) is 3.06. The van der Waals surface area contributed by atoms with Gasteiger partial charge < -0.3 is 19.7 Å². The number of phenolic OH excluding ortho intramolecular Hbond substituents is 2. The van der Waals surface area contributed by atoms with E-state index in [2.05, 4.69) is 5.10 Å². The summed E-state index contributed by atoms with van der Waals surface area (Å²) >= 11 is 6.34. The van der Waals surface area contributed by atoms with Gasteiger partial charge in [-0.25, -0.2) is 0 Å². The van der Waals surface area contributed by atoms with Crippen LogP contribution in [0.1, 0.15) is 11.1 Å². The van der Waals surface area contributed by atoms with Gasteiger partial charge in [0.05, 0.1) is 25.3 Å². The van der Waals surface area contributed by atoms with Crippen LogP contribution in [0.25, 0.3) is 6.08 Å². The minimum absolute atomic E-state index is 0.234. The molecule has 1 fully saturated rings. The van der Waals surface area contributed by atoms with Crippen molar-refractivity contribution in [1.29, 1.82) is 0 Å². The maximum Gasteiger partial charge on any atom is 0.286 e. The summed E-state index contributed by atoms with van der Waals surface area (Å²) in [7, 11) is 3.09. The maximum atomic E-state index is 12.6. The van der Waals surface area contributed by atoms with Gasteiger partial charge in [0, 0.05) is 11.6 Å². The molecule has 144 valence electrons. The fourth-order valence-electron chi connectivity index (χ4n) is 2.39. The number of hydrazone groups is 1. The molecule has 0 aliphatic carbocycles. The van der Waals surface area contributed by atoms with Crippen LogP contribution in [0, 0.1) is 0 Å². The third-order valence-electron chi connectivity index (χ3n) is 3.82. The molecular weight excluding hydrogens is 400 g/mol. The normalized spacial score (nSPS) is 15.6. The van der Waals surface area contributed by atoms with Crippen LogP contribution in [0.5, 0.6) is 23.0 Å². The Balaban J connectivity index is 1.83. The summed E-state index contributed by atoms with van der Waals surface area (Å²) in [5.41, 5.74) is 1.21. The van der Waals surface area contributed by atoms with Gasteiger partial charge in [-0.05, 0) is 48.1 Å². The van der Waals surface area contributed by atoms with Crippen LogP contribution in [0.15, 0.2) is 46.4 Å². The van der Waals surface area contributed by atoms with Gasteiger partial charge in [-0.1, -0.05) is 17.8 Å². The SMILES string of the molecule is COc1ccc(/C=N/N2C(=O)/C(=C\c3ccc(O)c(O)c3)SC2=S)c(OC)c1. The maximum absolute atomic E-state index is 12.6. The second-order valence-corrected chi connectivity index (χ2v) is 7.27. The van der Waals surface area contributed by atoms with Crippen LogP contribution in [-0.4, -0.2) is 45.9 Å². The minimum Gasteiger partial charge on any atom is -0.504 e. The molecule has 1 heterocycles. The third-order valence-corrected chi connectivity index (χ3v) is 5.11. The molecule has 0 saturated carbocycles. The van der Waals surface area contributed by atoms with Crippen LogP contribution in [0.2, 0.25) is 0 Å². The average molecular weight is 416 g/mol. The van der Waals surface area contributed by atoms with Gasteiger partial charge in [-0.2, -0.15) is 10.1 Å². The largest absolute Gasteiger partial charge is 0.504 e. The lowest BCUT2D eigenvalue weighted by molar-refractivity contribution is -0.122. The van der Waals surface area contributed by atoms with Gasteiger partial charge in [0.15, 0.2) is 15.8 Å². The molecule has 0 radical (unpaired) electrons. The number of thioether (sulfide) groups is 1. The van der Waals surface area contributed by atoms with Crippen LogP contribution < -0.4 is 9.47 Å². The number of hydrogen-bond acceptors (Lipinski definition) is 8. The molecule has 2 N–H and O–H groups in total. The number of nitrogens with zero attached hydrogens (tertiary/aromatic N) is 2. The lowest BCUT2D eigenvalue weighted by Gasteiger charge is -2.09. The molecule has 0 spiro atoms. The molecule has 9 heteroatoms. The molecule has 3 rings (SSSR count). The van der Waals surface area contributed by atoms with Gasteiger partial charge in [0.25, 0.3) is 5.91 Å². The Morgan fingerprint density at radius 1 is 1.11 bits per heavy atom. The third kappa shape index (κ3) is 4.10. The molecular formula is C19H16N2O5S2. The number of benzene rings is 2. The fraction of sp³-hybridized carbons (Fsp3) is 0.105. The van der Waals surface area contributed by atoms with E-state index >= 15 is 0 Å². The number of carbonyl (C=O) groups is 1. The molecule has 2 aromatic carbocycles. The zero-order valence-electron chi connectivity index (χ0n) is 14.9. The monoisotopic (exact) mass is 416 g/mol. The number of methoxy groups -OCH3 is 2. The summed E-state index contributed by atoms with van der Waals surface area (Å²) in [6, 6.07) is 9.50. The Morgan fingerprint density at radius 3 is 2.57 bits per heavy atom. The molecule has 1 saturated heterocycles. The lowest BCUT2D eigenvalue weighted by Crippen LogP contribution is -2.22. The Labute approximate surface area is 170 Å². The predicted molar refractivity (Wildman–Crippen MR) is 112 cm³/mol. The van der Waals surface area contributed by atoms with E-state index in [1.807, 2.05) is 0 Å². The van der Waals surface area contributed by atoms with Crippen LogP contribution in [0.3, 0.4) is 0 Å². The standard InChI is InChI=1S/C19H16N2O5S2/c1-25-13-5-4-12(16(9-13)26-2)10-20-21-18(24)17(28-19(21)27)8-11-3-6-14(22)15(23)7-11/h3-10,22-23H,1-2H3/b17-8+,20-10+. The predicted octanol–water partition coefficient (Wildman–Crippen LogP) is 3.35. The molecule has 2 aromatic rings. The number of ether oxygens (including phenoxy) is 2. The van der Waals surface area contributed by atoms with Crippen molar-refractivity contribution in [1.82, 2.24) is 5.01 Å². The summed E-state index contributed by atoms with van der Waals surface area (Å²) in [6.45, 7) is 0. The Bertz CT molecular complexity index is 1000. The number of thiocarbonyl (C=S) groups is 1. The highest BCUT2D eigenvalue weighted by Crippen LogP contribution is 2.34. The second-order valence-electron chi connectivity index (χ2n) is 5.59. The van der Waals surface area contributed by atoms with Gasteiger partial charge in [-0.3, -0.25) is 4.79 Å². The van der Waals surface area contributed by atoms with Crippen LogP contribution in [0.4, 0.5) is 0 Å². The molecule has 7 nitrogen and oxygen atoms in total. The van der Waals surface area contributed by atoms with E-state index < -0.39 is 0 Å². The Kier molecular flexibility index (Phi) is 5.86. The van der Waals surface area contributed by atoms with E-state index in [9.17, 15) is 15.0 Å².